The maximum Gasteiger partial charge on any atom is 0.210 e. The number of fused-ring (bicyclic) bond motifs is 4. The van der Waals surface area contributed by atoms with Crippen LogP contribution in [-0.4, -0.2) is 16.8 Å². The molecule has 0 atom stereocenters. The summed E-state index contributed by atoms with van der Waals surface area (Å²) in [4.78, 5) is 5.35. The van der Waals surface area contributed by atoms with E-state index in [2.05, 4.69) is 124 Å². The molecule has 8 aromatic rings. The molecule has 0 amide bonds. The van der Waals surface area contributed by atoms with E-state index in [1.54, 1.807) is 36.4 Å². The van der Waals surface area contributed by atoms with Crippen molar-refractivity contribution in [2.24, 2.45) is 0 Å². The van der Waals surface area contributed by atoms with Crippen LogP contribution in [0.3, 0.4) is 0 Å². The number of sulfone groups is 2. The highest BCUT2D eigenvalue weighted by Crippen LogP contribution is 2.52. The minimum atomic E-state index is -3.77. The first-order chi connectivity index (χ1) is 31.7. The first-order valence-electron chi connectivity index (χ1n) is 22.0. The average molecular weight is 901 g/mol. The first-order valence-corrected chi connectivity index (χ1v) is 24.9. The van der Waals surface area contributed by atoms with Gasteiger partial charge in [-0.05, 0) is 146 Å². The van der Waals surface area contributed by atoms with Crippen molar-refractivity contribution in [3.8, 4) is 11.1 Å². The van der Waals surface area contributed by atoms with Crippen molar-refractivity contribution in [1.29, 1.82) is 0 Å². The van der Waals surface area contributed by atoms with Crippen molar-refractivity contribution in [1.82, 2.24) is 0 Å². The Balaban J connectivity index is 0.875. The molecule has 2 aliphatic rings. The second-order valence-corrected chi connectivity index (χ2v) is 21.2. The molecule has 8 aromatic carbocycles. The molecule has 0 aromatic heterocycles. The number of para-hydroxylation sites is 2. The van der Waals surface area contributed by atoms with E-state index < -0.39 is 19.7 Å². The van der Waals surface area contributed by atoms with Crippen LogP contribution in [-0.2, 0) is 19.7 Å². The molecule has 66 heavy (non-hydrogen) atoms. The van der Waals surface area contributed by atoms with Crippen molar-refractivity contribution in [2.75, 3.05) is 9.80 Å². The smallest absolute Gasteiger partial charge is 0.210 e. The number of aryl methyl sites for hydroxylation is 6. The molecular weight excluding hydrogens is 853 g/mol. The zero-order valence-electron chi connectivity index (χ0n) is 37.7. The highest BCUT2D eigenvalue weighted by molar-refractivity contribution is 7.92. The number of benzene rings is 8. The van der Waals surface area contributed by atoms with Gasteiger partial charge in [0.25, 0.3) is 0 Å². The number of hydrogen-bond donors (Lipinski definition) is 0. The van der Waals surface area contributed by atoms with Gasteiger partial charge in [-0.15, -0.1) is 0 Å². The van der Waals surface area contributed by atoms with Gasteiger partial charge in [0, 0.05) is 0 Å². The third-order valence-electron chi connectivity index (χ3n) is 12.6. The Hall–Kier alpha value is -7.26. The number of anilines is 6. The number of nitrogens with zero attached hydrogens (tertiary/aromatic N) is 2. The summed E-state index contributed by atoms with van der Waals surface area (Å²) in [5.41, 5.74) is 16.9. The predicted molar refractivity (Wildman–Crippen MR) is 271 cm³/mol. The molecule has 0 spiro atoms. The van der Waals surface area contributed by atoms with Gasteiger partial charge in [0.1, 0.15) is 0 Å². The van der Waals surface area contributed by atoms with E-state index in [0.717, 1.165) is 78.1 Å². The standard InChI is InChI=1S/C58H48N2O4S2/c1-37-31-39(3)57(40(4)32-37)59-49-11-7-9-13-53(49)65(61,62)55-35-45(23-29-51(55)59)17-15-43-19-25-47(26-20-43)48-27-21-44(22-28-48)16-18-46-24-30-52-56(36-46)66(63,64)54-14-10-8-12-50(54)60(52)58-41(5)33-38(2)34-42(58)6/h7-36H,1-6H3/b17-15+,18-16+. The van der Waals surface area contributed by atoms with E-state index in [0.29, 0.717) is 32.5 Å². The van der Waals surface area contributed by atoms with Gasteiger partial charge in [0.15, 0.2) is 0 Å². The maximum absolute atomic E-state index is 14.1. The third kappa shape index (κ3) is 7.36. The highest BCUT2D eigenvalue weighted by atomic mass is 32.2. The van der Waals surface area contributed by atoms with Gasteiger partial charge in [-0.1, -0.05) is 145 Å². The van der Waals surface area contributed by atoms with E-state index in [9.17, 15) is 16.8 Å². The molecule has 0 fully saturated rings. The topological polar surface area (TPSA) is 74.8 Å². The lowest BCUT2D eigenvalue weighted by molar-refractivity contribution is 0.593. The van der Waals surface area contributed by atoms with E-state index in [1.807, 2.05) is 72.8 Å². The third-order valence-corrected chi connectivity index (χ3v) is 16.3. The Morgan fingerprint density at radius 1 is 0.333 bits per heavy atom. The Kier molecular flexibility index (Phi) is 10.6. The number of rotatable bonds is 7. The van der Waals surface area contributed by atoms with E-state index >= 15 is 0 Å². The quantitative estimate of drug-likeness (QED) is 0.148. The van der Waals surface area contributed by atoms with E-state index in [-0.39, 0.29) is 9.79 Å². The molecule has 2 heterocycles. The summed E-state index contributed by atoms with van der Waals surface area (Å²) in [6.45, 7) is 12.5. The monoisotopic (exact) mass is 900 g/mol. The van der Waals surface area contributed by atoms with E-state index in [1.165, 1.54) is 0 Å². The Bertz CT molecular complexity index is 3290. The summed E-state index contributed by atoms with van der Waals surface area (Å²) in [6, 6.07) is 50.9. The SMILES string of the molecule is Cc1cc(C)c(N2c3ccccc3S(=O)(=O)c3cc(/C=C/c4ccc(-c5ccc(/C=C/c6ccc7c(c6)S(=O)(=O)c6ccccc6N7c6c(C)cc(C)cc6C)cc5)cc4)ccc32)c(C)c1. The zero-order valence-corrected chi connectivity index (χ0v) is 39.3. The van der Waals surface area contributed by atoms with Gasteiger partial charge < -0.3 is 9.80 Å². The van der Waals surface area contributed by atoms with Gasteiger partial charge in [0.2, 0.25) is 19.7 Å². The van der Waals surface area contributed by atoms with Crippen molar-refractivity contribution >= 4 is 78.1 Å². The molecular formula is C58H48N2O4S2. The lowest BCUT2D eigenvalue weighted by atomic mass is 10.0. The Labute approximate surface area is 388 Å². The molecule has 0 saturated carbocycles. The van der Waals surface area contributed by atoms with Crippen molar-refractivity contribution in [2.45, 2.75) is 61.1 Å². The summed E-state index contributed by atoms with van der Waals surface area (Å²) in [5.74, 6) is 0. The minimum Gasteiger partial charge on any atom is -0.307 e. The lowest BCUT2D eigenvalue weighted by Gasteiger charge is -2.35. The summed E-state index contributed by atoms with van der Waals surface area (Å²) in [5, 5.41) is 0. The highest BCUT2D eigenvalue weighted by Gasteiger charge is 2.37. The van der Waals surface area contributed by atoms with E-state index in [4.69, 9.17) is 0 Å². The zero-order chi connectivity index (χ0) is 46.1. The second kappa shape index (κ2) is 16.3. The van der Waals surface area contributed by atoms with Gasteiger partial charge >= 0.3 is 0 Å². The fourth-order valence-corrected chi connectivity index (χ4v) is 13.1. The normalized spacial score (nSPS) is 14.5. The predicted octanol–water partition coefficient (Wildman–Crippen LogP) is 14.8. The van der Waals surface area contributed by atoms with Gasteiger partial charge in [-0.2, -0.15) is 0 Å². The number of hydrogen-bond acceptors (Lipinski definition) is 6. The van der Waals surface area contributed by atoms with Crippen molar-refractivity contribution < 1.29 is 16.8 Å². The van der Waals surface area contributed by atoms with Crippen LogP contribution < -0.4 is 9.80 Å². The Morgan fingerprint density at radius 3 is 1.00 bits per heavy atom. The minimum absolute atomic E-state index is 0.286. The summed E-state index contributed by atoms with van der Waals surface area (Å²) in [6.07, 6.45) is 7.92. The van der Waals surface area contributed by atoms with Crippen LogP contribution in [0.25, 0.3) is 35.4 Å². The van der Waals surface area contributed by atoms with Crippen LogP contribution in [0.15, 0.2) is 177 Å². The van der Waals surface area contributed by atoms with Crippen molar-refractivity contribution in [3.63, 3.8) is 0 Å². The molecule has 0 unspecified atom stereocenters. The molecule has 6 nitrogen and oxygen atoms in total. The summed E-state index contributed by atoms with van der Waals surface area (Å²) in [7, 11) is -7.55. The molecule has 0 bridgehead atoms. The fourth-order valence-electron chi connectivity index (χ4n) is 9.79. The largest absolute Gasteiger partial charge is 0.307 e. The Morgan fingerprint density at radius 2 is 0.636 bits per heavy atom. The van der Waals surface area contributed by atoms with Gasteiger partial charge in [-0.25, -0.2) is 16.8 Å². The average Bonchev–Trinajstić information content (AvgIpc) is 3.30. The van der Waals surface area contributed by atoms with Crippen LogP contribution in [0.4, 0.5) is 34.1 Å². The molecule has 0 radical (unpaired) electrons. The lowest BCUT2D eigenvalue weighted by Crippen LogP contribution is -2.23. The van der Waals surface area contributed by atoms with Crippen LogP contribution in [0.2, 0.25) is 0 Å². The molecule has 10 rings (SSSR count). The second-order valence-electron chi connectivity index (χ2n) is 17.5. The summed E-state index contributed by atoms with van der Waals surface area (Å²) < 4.78 is 56.5. The van der Waals surface area contributed by atoms with Crippen molar-refractivity contribution in [3.05, 3.63) is 213 Å². The fraction of sp³-hybridized carbons (Fsp3) is 0.103. The van der Waals surface area contributed by atoms with Crippen LogP contribution in [0, 0.1) is 41.5 Å². The van der Waals surface area contributed by atoms with Crippen LogP contribution in [0.5, 0.6) is 0 Å². The molecule has 0 N–H and O–H groups in total. The van der Waals surface area contributed by atoms with Crippen LogP contribution >= 0.6 is 0 Å². The molecule has 326 valence electrons. The summed E-state index contributed by atoms with van der Waals surface area (Å²) >= 11 is 0. The van der Waals surface area contributed by atoms with Gasteiger partial charge in [0.05, 0.1) is 53.7 Å². The maximum atomic E-state index is 14.1. The van der Waals surface area contributed by atoms with Gasteiger partial charge in [-0.3, -0.25) is 0 Å². The molecule has 0 saturated heterocycles. The first kappa shape index (κ1) is 42.7. The molecule has 2 aliphatic heterocycles. The van der Waals surface area contributed by atoms with Crippen LogP contribution in [0.1, 0.15) is 55.6 Å². The molecule has 0 aliphatic carbocycles. The molecule has 8 heteroatoms.